The summed E-state index contributed by atoms with van der Waals surface area (Å²) in [5.41, 5.74) is 1.19. The number of benzene rings is 1. The second kappa shape index (κ2) is 10.2. The number of guanidine groups is 1. The van der Waals surface area contributed by atoms with Crippen LogP contribution in [0.3, 0.4) is 0 Å². The van der Waals surface area contributed by atoms with Gasteiger partial charge in [-0.3, -0.25) is 9.89 Å². The van der Waals surface area contributed by atoms with E-state index in [9.17, 15) is 0 Å². The van der Waals surface area contributed by atoms with E-state index in [1.54, 1.807) is 7.11 Å². The molecule has 1 aromatic rings. The third-order valence-electron chi connectivity index (χ3n) is 5.22. The van der Waals surface area contributed by atoms with Gasteiger partial charge in [0.2, 0.25) is 0 Å². The Morgan fingerprint density at radius 1 is 1.28 bits per heavy atom. The molecule has 1 saturated carbocycles. The van der Waals surface area contributed by atoms with Gasteiger partial charge in [0.1, 0.15) is 5.75 Å². The third-order valence-corrected chi connectivity index (χ3v) is 5.22. The largest absolute Gasteiger partial charge is 0.497 e. The van der Waals surface area contributed by atoms with E-state index in [-0.39, 0.29) is 24.0 Å². The molecule has 0 spiro atoms. The average Bonchev–Trinajstić information content (AvgIpc) is 3.30. The Hall–Kier alpha value is -1.02. The number of nitrogens with zero attached hydrogens (tertiary/aromatic N) is 2. The summed E-state index contributed by atoms with van der Waals surface area (Å²) in [6.45, 7) is 3.11. The molecule has 6 heteroatoms. The van der Waals surface area contributed by atoms with E-state index in [4.69, 9.17) is 4.74 Å². The van der Waals surface area contributed by atoms with E-state index in [1.165, 1.54) is 44.2 Å². The number of rotatable bonds is 5. The molecular formula is C19H31IN4O. The minimum atomic E-state index is 0. The van der Waals surface area contributed by atoms with Crippen LogP contribution in [0.5, 0.6) is 5.75 Å². The van der Waals surface area contributed by atoms with Gasteiger partial charge < -0.3 is 15.4 Å². The first-order valence-electron chi connectivity index (χ1n) is 9.12. The molecule has 1 aromatic carbocycles. The molecule has 1 aliphatic heterocycles. The molecule has 140 valence electrons. The highest BCUT2D eigenvalue weighted by Gasteiger charge is 2.30. The Labute approximate surface area is 168 Å². The van der Waals surface area contributed by atoms with Crippen molar-refractivity contribution >= 4 is 29.9 Å². The maximum Gasteiger partial charge on any atom is 0.191 e. The summed E-state index contributed by atoms with van der Waals surface area (Å²) in [5.74, 6) is 1.77. The third kappa shape index (κ3) is 5.74. The van der Waals surface area contributed by atoms with Crippen molar-refractivity contribution in [2.45, 2.75) is 50.7 Å². The van der Waals surface area contributed by atoms with Gasteiger partial charge in [-0.25, -0.2) is 0 Å². The predicted molar refractivity (Wildman–Crippen MR) is 114 cm³/mol. The standard InChI is InChI=1S/C19H30N4O.HI/c1-20-19(21-13-15-6-5-9-18(12-15)24-2)22-16-10-11-23(14-16)17-7-3-4-8-17;/h5-6,9,12,16-17H,3-4,7-8,10-11,13-14H2,1-2H3,(H2,20,21,22);1H. The number of nitrogens with one attached hydrogen (secondary N) is 2. The highest BCUT2D eigenvalue weighted by molar-refractivity contribution is 14.0. The van der Waals surface area contributed by atoms with Crippen LogP contribution in [0.25, 0.3) is 0 Å². The second-order valence-corrected chi connectivity index (χ2v) is 6.84. The van der Waals surface area contributed by atoms with E-state index in [1.807, 2.05) is 19.2 Å². The van der Waals surface area contributed by atoms with Crippen LogP contribution in [-0.2, 0) is 6.54 Å². The summed E-state index contributed by atoms with van der Waals surface area (Å²) in [7, 11) is 3.54. The zero-order valence-electron chi connectivity index (χ0n) is 15.3. The number of methoxy groups -OCH3 is 1. The number of aliphatic imine (C=N–C) groups is 1. The van der Waals surface area contributed by atoms with Crippen LogP contribution in [0.1, 0.15) is 37.7 Å². The van der Waals surface area contributed by atoms with Gasteiger partial charge in [0.15, 0.2) is 5.96 Å². The van der Waals surface area contributed by atoms with Gasteiger partial charge in [0, 0.05) is 38.8 Å². The summed E-state index contributed by atoms with van der Waals surface area (Å²) in [5, 5.41) is 7.00. The molecule has 1 aliphatic carbocycles. The minimum Gasteiger partial charge on any atom is -0.497 e. The first kappa shape index (κ1) is 20.3. The first-order chi connectivity index (χ1) is 11.8. The van der Waals surface area contributed by atoms with Crippen LogP contribution in [-0.4, -0.2) is 50.2 Å². The molecule has 1 saturated heterocycles. The monoisotopic (exact) mass is 458 g/mol. The molecule has 1 unspecified atom stereocenters. The van der Waals surface area contributed by atoms with Crippen molar-refractivity contribution in [3.63, 3.8) is 0 Å². The second-order valence-electron chi connectivity index (χ2n) is 6.84. The smallest absolute Gasteiger partial charge is 0.191 e. The fraction of sp³-hybridized carbons (Fsp3) is 0.632. The Morgan fingerprint density at radius 2 is 2.08 bits per heavy atom. The van der Waals surface area contributed by atoms with Gasteiger partial charge in [0.05, 0.1) is 7.11 Å². The molecule has 2 N–H and O–H groups in total. The fourth-order valence-electron chi connectivity index (χ4n) is 3.86. The lowest BCUT2D eigenvalue weighted by atomic mass is 10.2. The SMILES string of the molecule is CN=C(NCc1cccc(OC)c1)NC1CCN(C2CCCC2)C1.I. The molecule has 0 radical (unpaired) electrons. The number of hydrogen-bond acceptors (Lipinski definition) is 3. The molecule has 25 heavy (non-hydrogen) atoms. The minimum absolute atomic E-state index is 0. The van der Waals surface area contributed by atoms with E-state index < -0.39 is 0 Å². The van der Waals surface area contributed by atoms with Crippen molar-refractivity contribution in [3.8, 4) is 5.75 Å². The normalized spacial score (nSPS) is 21.8. The van der Waals surface area contributed by atoms with E-state index in [0.717, 1.165) is 30.8 Å². The van der Waals surface area contributed by atoms with Crippen LogP contribution in [0.4, 0.5) is 0 Å². The molecule has 3 rings (SSSR count). The highest BCUT2D eigenvalue weighted by Crippen LogP contribution is 2.26. The van der Waals surface area contributed by atoms with Crippen molar-refractivity contribution < 1.29 is 4.74 Å². The van der Waals surface area contributed by atoms with E-state index in [2.05, 4.69) is 32.7 Å². The molecule has 0 aromatic heterocycles. The van der Waals surface area contributed by atoms with Crippen molar-refractivity contribution in [2.75, 3.05) is 27.2 Å². The Balaban J connectivity index is 0.00000225. The van der Waals surface area contributed by atoms with Gasteiger partial charge >= 0.3 is 0 Å². The molecule has 2 aliphatic rings. The lowest BCUT2D eigenvalue weighted by Gasteiger charge is -2.24. The fourth-order valence-corrected chi connectivity index (χ4v) is 3.86. The van der Waals surface area contributed by atoms with Crippen molar-refractivity contribution in [1.29, 1.82) is 0 Å². The van der Waals surface area contributed by atoms with E-state index in [0.29, 0.717) is 6.04 Å². The zero-order valence-corrected chi connectivity index (χ0v) is 17.7. The quantitative estimate of drug-likeness (QED) is 0.405. The van der Waals surface area contributed by atoms with Gasteiger partial charge in [-0.15, -0.1) is 24.0 Å². The number of hydrogen-bond donors (Lipinski definition) is 2. The van der Waals surface area contributed by atoms with Gasteiger partial charge in [-0.05, 0) is 37.0 Å². The van der Waals surface area contributed by atoms with Crippen LogP contribution in [0.2, 0.25) is 0 Å². The Morgan fingerprint density at radius 3 is 2.80 bits per heavy atom. The number of likely N-dealkylation sites (tertiary alicyclic amines) is 1. The number of ether oxygens (including phenoxy) is 1. The zero-order chi connectivity index (χ0) is 16.8. The average molecular weight is 458 g/mol. The van der Waals surface area contributed by atoms with Crippen molar-refractivity contribution in [3.05, 3.63) is 29.8 Å². The van der Waals surface area contributed by atoms with Crippen LogP contribution in [0, 0.1) is 0 Å². The molecule has 0 bridgehead atoms. The molecule has 5 nitrogen and oxygen atoms in total. The summed E-state index contributed by atoms with van der Waals surface area (Å²) < 4.78 is 5.28. The summed E-state index contributed by atoms with van der Waals surface area (Å²) in [4.78, 5) is 7.04. The molecule has 1 atom stereocenters. The lowest BCUT2D eigenvalue weighted by Crippen LogP contribution is -2.45. The Bertz CT molecular complexity index is 560. The molecule has 2 fully saturated rings. The van der Waals surface area contributed by atoms with Crippen LogP contribution >= 0.6 is 24.0 Å². The topological polar surface area (TPSA) is 48.9 Å². The lowest BCUT2D eigenvalue weighted by molar-refractivity contribution is 0.242. The van der Waals surface area contributed by atoms with Crippen LogP contribution in [0.15, 0.2) is 29.3 Å². The summed E-state index contributed by atoms with van der Waals surface area (Å²) >= 11 is 0. The predicted octanol–water partition coefficient (Wildman–Crippen LogP) is 3.00. The summed E-state index contributed by atoms with van der Waals surface area (Å²) in [6.07, 6.45) is 6.79. The Kier molecular flexibility index (Phi) is 8.29. The van der Waals surface area contributed by atoms with Crippen molar-refractivity contribution in [1.82, 2.24) is 15.5 Å². The van der Waals surface area contributed by atoms with E-state index >= 15 is 0 Å². The maximum absolute atomic E-state index is 5.28. The summed E-state index contributed by atoms with van der Waals surface area (Å²) in [6, 6.07) is 9.46. The van der Waals surface area contributed by atoms with Gasteiger partial charge in [-0.1, -0.05) is 25.0 Å². The molecule has 0 amide bonds. The number of halogens is 1. The van der Waals surface area contributed by atoms with Gasteiger partial charge in [0.25, 0.3) is 0 Å². The molecular weight excluding hydrogens is 427 g/mol. The van der Waals surface area contributed by atoms with Gasteiger partial charge in [-0.2, -0.15) is 0 Å². The van der Waals surface area contributed by atoms with Crippen LogP contribution < -0.4 is 15.4 Å². The highest BCUT2D eigenvalue weighted by atomic mass is 127. The van der Waals surface area contributed by atoms with Crippen molar-refractivity contribution in [2.24, 2.45) is 4.99 Å². The maximum atomic E-state index is 5.28. The first-order valence-corrected chi connectivity index (χ1v) is 9.12. The molecule has 1 heterocycles.